The van der Waals surface area contributed by atoms with Gasteiger partial charge in [0, 0.05) is 6.20 Å². The number of hydrogen-bond acceptors (Lipinski definition) is 6. The van der Waals surface area contributed by atoms with E-state index in [-0.39, 0.29) is 22.7 Å². The summed E-state index contributed by atoms with van der Waals surface area (Å²) in [7, 11) is 0. The molecule has 9 nitrogen and oxygen atoms in total. The quantitative estimate of drug-likeness (QED) is 0.498. The molecule has 1 aliphatic rings. The fourth-order valence-corrected chi connectivity index (χ4v) is 3.32. The highest BCUT2D eigenvalue weighted by molar-refractivity contribution is 5.62. The molecule has 14 heteroatoms. The highest BCUT2D eigenvalue weighted by atomic mass is 19.4. The average Bonchev–Trinajstić information content (AvgIpc) is 3.02. The van der Waals surface area contributed by atoms with E-state index in [1.165, 1.54) is 0 Å². The summed E-state index contributed by atoms with van der Waals surface area (Å²) in [6.07, 6.45) is -5.29. The van der Waals surface area contributed by atoms with E-state index in [0.717, 1.165) is 29.3 Å². The summed E-state index contributed by atoms with van der Waals surface area (Å²) < 4.78 is 72.4. The maximum Gasteiger partial charge on any atom is 0.416 e. The predicted molar refractivity (Wildman–Crippen MR) is 105 cm³/mol. The topological polar surface area (TPSA) is 124 Å². The zero-order valence-electron chi connectivity index (χ0n) is 16.4. The van der Waals surface area contributed by atoms with Gasteiger partial charge in [-0.2, -0.15) is 18.3 Å². The largest absolute Gasteiger partial charge is 0.482 e. The van der Waals surface area contributed by atoms with Gasteiger partial charge in [0.15, 0.2) is 6.10 Å². The van der Waals surface area contributed by atoms with E-state index >= 15 is 0 Å². The zero-order chi connectivity index (χ0) is 24.0. The molecule has 0 aliphatic carbocycles. The van der Waals surface area contributed by atoms with Crippen LogP contribution in [0.4, 0.5) is 27.6 Å². The van der Waals surface area contributed by atoms with Crippen molar-refractivity contribution in [2.75, 3.05) is 18.0 Å². The van der Waals surface area contributed by atoms with E-state index in [0.29, 0.717) is 12.1 Å². The molecule has 174 valence electrons. The summed E-state index contributed by atoms with van der Waals surface area (Å²) in [4.78, 5) is 40.6. The van der Waals surface area contributed by atoms with Crippen LogP contribution in [0, 0.1) is 0 Å². The molecule has 2 aromatic heterocycles. The maximum atomic E-state index is 14.6. The van der Waals surface area contributed by atoms with Crippen molar-refractivity contribution < 1.29 is 26.7 Å². The third kappa shape index (κ3) is 4.49. The molecule has 1 saturated heterocycles. The highest BCUT2D eigenvalue weighted by Gasteiger charge is 2.50. The van der Waals surface area contributed by atoms with Gasteiger partial charge in [-0.25, -0.2) is 18.7 Å². The molecule has 3 heterocycles. The van der Waals surface area contributed by atoms with Crippen LogP contribution in [0.15, 0.2) is 50.9 Å². The van der Waals surface area contributed by atoms with Gasteiger partial charge in [0.2, 0.25) is 0 Å². The molecule has 1 fully saturated rings. The molecule has 1 aliphatic heterocycles. The Hall–Kier alpha value is -3.97. The molecule has 0 amide bonds. The van der Waals surface area contributed by atoms with Crippen molar-refractivity contribution in [3.05, 3.63) is 73.3 Å². The van der Waals surface area contributed by atoms with E-state index in [4.69, 9.17) is 4.74 Å². The third-order valence-corrected chi connectivity index (χ3v) is 4.94. The number of halogens is 5. The molecule has 0 radical (unpaired) electrons. The normalized spacial score (nSPS) is 17.8. The number of anilines is 1. The zero-order valence-corrected chi connectivity index (χ0v) is 16.4. The van der Waals surface area contributed by atoms with E-state index in [9.17, 15) is 36.3 Å². The Bertz CT molecular complexity index is 1350. The van der Waals surface area contributed by atoms with Crippen LogP contribution in [0.2, 0.25) is 0 Å². The molecule has 1 aromatic carbocycles. The van der Waals surface area contributed by atoms with Gasteiger partial charge in [-0.1, -0.05) is 0 Å². The fraction of sp³-hybridized carbons (Fsp3) is 0.263. The summed E-state index contributed by atoms with van der Waals surface area (Å²) in [5, 5.41) is 5.82. The smallest absolute Gasteiger partial charge is 0.416 e. The number of alkyl halides is 5. The SMILES string of the molecule is O=c1[nH]cc(-c2cc(N3CC(Oc4ccc(C(F)(F)F)cc4)C(F)(F)C3)c(=O)[nH]n2)c(=O)[nH]1. The monoisotopic (exact) mass is 471 g/mol. The van der Waals surface area contributed by atoms with Crippen LogP contribution in [-0.2, 0) is 6.18 Å². The van der Waals surface area contributed by atoms with Crippen molar-refractivity contribution >= 4 is 5.69 Å². The number of hydrogen-bond donors (Lipinski definition) is 3. The Morgan fingerprint density at radius 3 is 2.42 bits per heavy atom. The summed E-state index contributed by atoms with van der Waals surface area (Å²) in [5.74, 6) is -3.65. The molecule has 33 heavy (non-hydrogen) atoms. The standard InChI is InChI=1S/C19H14F5N5O4/c20-18(21)8-29(7-14(18)33-10-3-1-9(2-4-10)19(22,23)24)13-5-12(27-28-16(13)31)11-6-25-17(32)26-15(11)30/h1-6,14H,7-8H2,(H,28,31)(H2,25,26,30,32). The van der Waals surface area contributed by atoms with Gasteiger partial charge in [0.25, 0.3) is 11.1 Å². The minimum Gasteiger partial charge on any atom is -0.482 e. The lowest BCUT2D eigenvalue weighted by Crippen LogP contribution is -2.36. The van der Waals surface area contributed by atoms with Crippen LogP contribution in [0.25, 0.3) is 11.3 Å². The molecule has 4 rings (SSSR count). The second-order valence-electron chi connectivity index (χ2n) is 7.22. The minimum atomic E-state index is -4.58. The van der Waals surface area contributed by atoms with E-state index in [2.05, 4.69) is 15.2 Å². The van der Waals surface area contributed by atoms with Gasteiger partial charge >= 0.3 is 17.8 Å². The van der Waals surface area contributed by atoms with Gasteiger partial charge in [-0.15, -0.1) is 0 Å². The lowest BCUT2D eigenvalue weighted by atomic mass is 10.2. The molecule has 1 atom stereocenters. The molecule has 1 unspecified atom stereocenters. The number of aromatic nitrogens is 4. The minimum absolute atomic E-state index is 0.0856. The Morgan fingerprint density at radius 1 is 1.09 bits per heavy atom. The number of benzene rings is 1. The van der Waals surface area contributed by atoms with E-state index < -0.39 is 53.7 Å². The molecule has 3 N–H and O–H groups in total. The first-order chi connectivity index (χ1) is 15.4. The summed E-state index contributed by atoms with van der Waals surface area (Å²) in [5.41, 5.74) is -3.78. The molecule has 3 aromatic rings. The van der Waals surface area contributed by atoms with Crippen LogP contribution in [0.3, 0.4) is 0 Å². The van der Waals surface area contributed by atoms with Crippen molar-refractivity contribution in [1.29, 1.82) is 0 Å². The lowest BCUT2D eigenvalue weighted by molar-refractivity contribution is -0.137. The maximum absolute atomic E-state index is 14.6. The molecule has 0 saturated carbocycles. The predicted octanol–water partition coefficient (Wildman–Crippen LogP) is 1.74. The first-order valence-electron chi connectivity index (χ1n) is 9.33. The van der Waals surface area contributed by atoms with E-state index in [1.807, 2.05) is 4.98 Å². The molecule has 0 spiro atoms. The van der Waals surface area contributed by atoms with Gasteiger partial charge in [0.05, 0.1) is 29.9 Å². The fourth-order valence-electron chi connectivity index (χ4n) is 3.32. The van der Waals surface area contributed by atoms with Gasteiger partial charge < -0.3 is 14.6 Å². The Balaban J connectivity index is 1.59. The van der Waals surface area contributed by atoms with Gasteiger partial charge in [0.1, 0.15) is 11.4 Å². The Morgan fingerprint density at radius 2 is 1.79 bits per heavy atom. The van der Waals surface area contributed by atoms with Gasteiger partial charge in [-0.05, 0) is 30.3 Å². The molecular weight excluding hydrogens is 457 g/mol. The molecular formula is C19H14F5N5O4. The number of nitrogens with zero attached hydrogens (tertiary/aromatic N) is 2. The van der Waals surface area contributed by atoms with Crippen LogP contribution >= 0.6 is 0 Å². The van der Waals surface area contributed by atoms with Crippen LogP contribution in [-0.4, -0.2) is 45.3 Å². The van der Waals surface area contributed by atoms with Crippen molar-refractivity contribution in [1.82, 2.24) is 20.2 Å². The highest BCUT2D eigenvalue weighted by Crippen LogP contribution is 2.35. The Kier molecular flexibility index (Phi) is 5.30. The number of rotatable bonds is 4. The van der Waals surface area contributed by atoms with Crippen molar-refractivity contribution in [2.24, 2.45) is 0 Å². The Labute approximate surface area is 179 Å². The first-order valence-corrected chi connectivity index (χ1v) is 9.33. The first kappa shape index (κ1) is 22.2. The van der Waals surface area contributed by atoms with Crippen molar-refractivity contribution in [3.63, 3.8) is 0 Å². The van der Waals surface area contributed by atoms with E-state index in [1.54, 1.807) is 0 Å². The number of ether oxygens (including phenoxy) is 1. The van der Waals surface area contributed by atoms with Gasteiger partial charge in [-0.3, -0.25) is 14.6 Å². The number of H-pyrrole nitrogens is 3. The average molecular weight is 471 g/mol. The summed E-state index contributed by atoms with van der Waals surface area (Å²) in [6, 6.07) is 4.39. The second kappa shape index (κ2) is 7.86. The van der Waals surface area contributed by atoms with Crippen LogP contribution in [0.1, 0.15) is 5.56 Å². The number of nitrogens with one attached hydrogen (secondary N) is 3. The van der Waals surface area contributed by atoms with Crippen LogP contribution in [0.5, 0.6) is 5.75 Å². The van der Waals surface area contributed by atoms with Crippen molar-refractivity contribution in [2.45, 2.75) is 18.2 Å². The summed E-state index contributed by atoms with van der Waals surface area (Å²) >= 11 is 0. The third-order valence-electron chi connectivity index (χ3n) is 4.94. The lowest BCUT2D eigenvalue weighted by Gasteiger charge is -2.19. The molecule has 0 bridgehead atoms. The second-order valence-corrected chi connectivity index (χ2v) is 7.22. The summed E-state index contributed by atoms with van der Waals surface area (Å²) in [6.45, 7) is -1.39. The number of aromatic amines is 3. The van der Waals surface area contributed by atoms with Crippen molar-refractivity contribution in [3.8, 4) is 17.0 Å². The van der Waals surface area contributed by atoms with Crippen LogP contribution < -0.4 is 26.4 Å².